The monoisotopic (exact) mass is 362 g/mol. The van der Waals surface area contributed by atoms with Crippen LogP contribution in [0.2, 0.25) is 5.02 Å². The lowest BCUT2D eigenvalue weighted by molar-refractivity contribution is -0.212. The summed E-state index contributed by atoms with van der Waals surface area (Å²) in [6.45, 7) is 0. The van der Waals surface area contributed by atoms with Crippen molar-refractivity contribution in [2.45, 2.75) is 44.8 Å². The Balaban J connectivity index is 1.56. The highest BCUT2D eigenvalue weighted by molar-refractivity contribution is 8.11. The fraction of sp³-hybridized carbons (Fsp3) is 0.533. The number of carbonyl (C=O) groups is 1. The van der Waals surface area contributed by atoms with Crippen molar-refractivity contribution < 1.29 is 19.2 Å². The summed E-state index contributed by atoms with van der Waals surface area (Å²) in [5.41, 5.74) is 2.75. The molecule has 0 bridgehead atoms. The maximum atomic E-state index is 10.8. The Morgan fingerprint density at radius 3 is 2.96 bits per heavy atom. The van der Waals surface area contributed by atoms with Gasteiger partial charge in [0, 0.05) is 23.6 Å². The largest absolute Gasteiger partial charge is 0.289 e. The number of halogens is 1. The van der Waals surface area contributed by atoms with Gasteiger partial charge in [-0.25, -0.2) is 15.1 Å². The van der Waals surface area contributed by atoms with E-state index in [-0.39, 0.29) is 12.1 Å². The summed E-state index contributed by atoms with van der Waals surface area (Å²) in [7, 11) is 0. The highest BCUT2D eigenvalue weighted by atomic mass is 35.5. The normalized spacial score (nSPS) is 22.2. The van der Waals surface area contributed by atoms with E-state index in [0.29, 0.717) is 6.42 Å². The zero-order chi connectivity index (χ0) is 16.5. The smallest absolute Gasteiger partial charge is 0.243 e. The van der Waals surface area contributed by atoms with E-state index >= 15 is 0 Å². The van der Waals surface area contributed by atoms with Gasteiger partial charge in [0.25, 0.3) is 0 Å². The molecule has 23 heavy (non-hydrogen) atoms. The van der Waals surface area contributed by atoms with Crippen LogP contribution in [0.4, 0.5) is 0 Å². The number of amides is 1. The van der Waals surface area contributed by atoms with Gasteiger partial charge in [-0.3, -0.25) is 10.0 Å². The molecule has 0 saturated carbocycles. The Morgan fingerprint density at radius 2 is 2.17 bits per heavy atom. The molecule has 0 spiro atoms. The number of hydrogen-bond donors (Lipinski definition) is 4. The molecule has 1 aliphatic heterocycles. The number of thiol groups is 1. The van der Waals surface area contributed by atoms with Gasteiger partial charge in [-0.1, -0.05) is 47.9 Å². The van der Waals surface area contributed by atoms with E-state index in [0.717, 1.165) is 48.4 Å². The minimum atomic E-state index is -0.749. The minimum absolute atomic E-state index is 0.132. The maximum absolute atomic E-state index is 10.8. The van der Waals surface area contributed by atoms with Crippen molar-refractivity contribution in [2.24, 2.45) is 0 Å². The van der Waals surface area contributed by atoms with Crippen molar-refractivity contribution in [3.8, 4) is 0 Å². The molecule has 1 fully saturated rings. The average molecular weight is 363 g/mol. The molecule has 1 aromatic rings. The van der Waals surface area contributed by atoms with Crippen LogP contribution in [0.3, 0.4) is 0 Å². The van der Waals surface area contributed by atoms with Gasteiger partial charge >= 0.3 is 0 Å². The Bertz CT molecular complexity index is 506. The minimum Gasteiger partial charge on any atom is -0.289 e. The second-order valence-corrected chi connectivity index (χ2v) is 7.47. The number of benzene rings is 1. The molecule has 3 N–H and O–H groups in total. The summed E-state index contributed by atoms with van der Waals surface area (Å²) >= 11 is 5.22. The first-order chi connectivity index (χ1) is 11.2. The van der Waals surface area contributed by atoms with Crippen LogP contribution in [-0.2, 0) is 20.4 Å². The van der Waals surface area contributed by atoms with Gasteiger partial charge in [0.05, 0.1) is 0 Å². The molecule has 0 aliphatic carbocycles. The van der Waals surface area contributed by atoms with Crippen LogP contribution in [0.5, 0.6) is 0 Å². The van der Waals surface area contributed by atoms with Crippen LogP contribution >= 0.6 is 23.0 Å². The second kappa shape index (κ2) is 10.1. The predicted octanol–water partition coefficient (Wildman–Crippen LogP) is 3.05. The third-order valence-corrected chi connectivity index (χ3v) is 5.29. The third kappa shape index (κ3) is 7.07. The number of hydrogen-bond acceptors (Lipinski definition) is 5. The van der Waals surface area contributed by atoms with Crippen LogP contribution in [-0.4, -0.2) is 23.1 Å². The summed E-state index contributed by atoms with van der Waals surface area (Å²) < 4.78 is 8.71. The van der Waals surface area contributed by atoms with E-state index in [4.69, 9.17) is 26.0 Å². The lowest BCUT2D eigenvalue weighted by Crippen LogP contribution is -2.23. The summed E-state index contributed by atoms with van der Waals surface area (Å²) in [4.78, 5) is 16.2. The molecule has 1 heterocycles. The van der Waals surface area contributed by atoms with Crippen molar-refractivity contribution in [3.63, 3.8) is 0 Å². The number of carbonyl (C=O) groups excluding carboxylic acids is 1. The van der Waals surface area contributed by atoms with Gasteiger partial charge < -0.3 is 0 Å². The number of unbranched alkanes of at least 4 members (excludes halogenated alkanes) is 3. The molecule has 2 atom stereocenters. The third-order valence-electron chi connectivity index (χ3n) is 3.49. The average Bonchev–Trinajstić information content (AvgIpc) is 2.97. The SMILES string of the molecule is O=C(CCCCCC[SH]1NC(Cc2cccc(Cl)c2)OO1)NO. The molecule has 1 aliphatic rings. The lowest BCUT2D eigenvalue weighted by Gasteiger charge is -2.12. The molecule has 130 valence electrons. The first kappa shape index (κ1) is 18.5. The Kier molecular flexibility index (Phi) is 8.14. The summed E-state index contributed by atoms with van der Waals surface area (Å²) in [6.07, 6.45) is 4.75. The summed E-state index contributed by atoms with van der Waals surface area (Å²) in [6, 6.07) is 7.71. The number of rotatable bonds is 9. The Morgan fingerprint density at radius 1 is 1.35 bits per heavy atom. The van der Waals surface area contributed by atoms with Crippen LogP contribution in [0.1, 0.15) is 37.7 Å². The van der Waals surface area contributed by atoms with E-state index in [2.05, 4.69) is 4.72 Å². The molecule has 1 amide bonds. The highest BCUT2D eigenvalue weighted by Crippen LogP contribution is 2.32. The van der Waals surface area contributed by atoms with Crippen molar-refractivity contribution in [2.75, 3.05) is 5.75 Å². The lowest BCUT2D eigenvalue weighted by atomic mass is 10.1. The van der Waals surface area contributed by atoms with Crippen molar-refractivity contribution in [3.05, 3.63) is 34.9 Å². The molecular formula is C15H23ClN2O4S. The fourth-order valence-electron chi connectivity index (χ4n) is 2.32. The van der Waals surface area contributed by atoms with Gasteiger partial charge in [-0.15, -0.1) is 0 Å². The van der Waals surface area contributed by atoms with E-state index in [9.17, 15) is 4.79 Å². The molecule has 0 aromatic heterocycles. The highest BCUT2D eigenvalue weighted by Gasteiger charge is 2.23. The molecule has 1 saturated heterocycles. The molecule has 8 heteroatoms. The topological polar surface area (TPSA) is 79.8 Å². The number of hydroxylamine groups is 1. The number of nitrogens with one attached hydrogen (secondary N) is 2. The standard InChI is InChI=1S/C15H23ClN2O4S/c16-13-7-5-6-12(10-13)11-15-18-23(22-21-15)9-4-2-1-3-8-14(19)17-20/h5-7,10,15,18,20,23H,1-4,8-9,11H2,(H,17,19). The zero-order valence-corrected chi connectivity index (χ0v) is 14.5. The van der Waals surface area contributed by atoms with Crippen LogP contribution < -0.4 is 10.2 Å². The van der Waals surface area contributed by atoms with E-state index in [1.807, 2.05) is 24.3 Å². The first-order valence-electron chi connectivity index (χ1n) is 7.72. The van der Waals surface area contributed by atoms with Gasteiger partial charge in [0.1, 0.15) is 0 Å². The van der Waals surface area contributed by atoms with Crippen LogP contribution in [0.25, 0.3) is 0 Å². The van der Waals surface area contributed by atoms with E-state index in [1.54, 1.807) is 5.48 Å². The predicted molar refractivity (Wildman–Crippen MR) is 91.1 cm³/mol. The maximum Gasteiger partial charge on any atom is 0.243 e. The fourth-order valence-corrected chi connectivity index (χ4v) is 3.95. The second-order valence-electron chi connectivity index (χ2n) is 5.42. The molecule has 2 unspecified atom stereocenters. The molecule has 0 radical (unpaired) electrons. The van der Waals surface area contributed by atoms with Gasteiger partial charge in [0.2, 0.25) is 5.91 Å². The van der Waals surface area contributed by atoms with Crippen molar-refractivity contribution in [1.29, 1.82) is 0 Å². The van der Waals surface area contributed by atoms with E-state index < -0.39 is 11.4 Å². The summed E-state index contributed by atoms with van der Waals surface area (Å²) in [5.74, 6) is 0.598. The Hall–Kier alpha value is -0.830. The quantitative estimate of drug-likeness (QED) is 0.178. The van der Waals surface area contributed by atoms with Crippen LogP contribution in [0.15, 0.2) is 24.3 Å². The van der Waals surface area contributed by atoms with Gasteiger partial charge in [-0.05, 0) is 30.5 Å². The van der Waals surface area contributed by atoms with E-state index in [1.165, 1.54) is 0 Å². The van der Waals surface area contributed by atoms with Gasteiger partial charge in [0.15, 0.2) is 6.23 Å². The zero-order valence-electron chi connectivity index (χ0n) is 12.8. The Labute approximate surface area is 144 Å². The van der Waals surface area contributed by atoms with Crippen LogP contribution in [0, 0.1) is 0 Å². The molecule has 6 nitrogen and oxygen atoms in total. The van der Waals surface area contributed by atoms with Crippen molar-refractivity contribution in [1.82, 2.24) is 10.2 Å². The van der Waals surface area contributed by atoms with Gasteiger partial charge in [-0.2, -0.15) is 4.33 Å². The summed E-state index contributed by atoms with van der Waals surface area (Å²) in [5, 5.41) is 9.10. The molecule has 2 rings (SSSR count). The molecular weight excluding hydrogens is 340 g/mol. The first-order valence-corrected chi connectivity index (χ1v) is 9.54. The van der Waals surface area contributed by atoms with Crippen molar-refractivity contribution >= 4 is 28.9 Å². The molecule has 1 aromatic carbocycles.